The fraction of sp³-hybridized carbons (Fsp3) is 0.542. The van der Waals surface area contributed by atoms with Crippen LogP contribution in [-0.4, -0.2) is 72.3 Å². The molecule has 35 heavy (non-hydrogen) atoms. The van der Waals surface area contributed by atoms with Crippen molar-refractivity contribution in [2.45, 2.75) is 44.2 Å². The average Bonchev–Trinajstić information content (AvgIpc) is 2.86. The van der Waals surface area contributed by atoms with Crippen molar-refractivity contribution in [2.24, 2.45) is 11.5 Å². The predicted octanol–water partition coefficient (Wildman–Crippen LogP) is 2.27. The van der Waals surface area contributed by atoms with Crippen LogP contribution >= 0.6 is 0 Å². The summed E-state index contributed by atoms with van der Waals surface area (Å²) in [6.45, 7) is 5.39. The van der Waals surface area contributed by atoms with E-state index in [-0.39, 0.29) is 29.3 Å². The van der Waals surface area contributed by atoms with Gasteiger partial charge >= 0.3 is 0 Å². The summed E-state index contributed by atoms with van der Waals surface area (Å²) in [6, 6.07) is 4.61. The third-order valence-electron chi connectivity index (χ3n) is 6.47. The van der Waals surface area contributed by atoms with E-state index in [1.54, 1.807) is 6.20 Å². The molecule has 2 unspecified atom stereocenters. The topological polar surface area (TPSA) is 143 Å². The molecule has 2 aromatic heterocycles. The molecule has 1 amide bonds. The van der Waals surface area contributed by atoms with E-state index >= 15 is 0 Å². The first kappa shape index (κ1) is 25.1. The summed E-state index contributed by atoms with van der Waals surface area (Å²) in [5, 5.41) is 9.48. The number of hydrogen-bond acceptors (Lipinski definition) is 9. The van der Waals surface area contributed by atoms with Crippen molar-refractivity contribution in [3.05, 3.63) is 35.8 Å². The Kier molecular flexibility index (Phi) is 8.67. The zero-order valence-electron chi connectivity index (χ0n) is 19.9. The van der Waals surface area contributed by atoms with Crippen molar-refractivity contribution >= 4 is 29.0 Å². The Labute approximate surface area is 205 Å². The molecule has 1 saturated heterocycles. The number of nitrogens with one attached hydrogen (secondary N) is 3. The Morgan fingerprint density at radius 1 is 1.20 bits per heavy atom. The molecule has 7 N–H and O–H groups in total. The SMILES string of the molecule is NC(=O)c1cc(F)c(NC2CCCCC2N)nc1Nc1ccc(NCCCN2CCOCC2)nc1. The second-order valence-electron chi connectivity index (χ2n) is 9.07. The minimum absolute atomic E-state index is 0.0358. The molecule has 190 valence electrons. The Morgan fingerprint density at radius 2 is 2.00 bits per heavy atom. The molecule has 3 heterocycles. The van der Waals surface area contributed by atoms with Crippen molar-refractivity contribution in [3.8, 4) is 0 Å². The first-order valence-corrected chi connectivity index (χ1v) is 12.3. The molecule has 11 heteroatoms. The standard InChI is InChI=1S/C24H35FN8O2/c25-18-14-17(22(27)34)23(32-24(18)31-20-5-2-1-4-19(20)26)30-16-6-7-21(29-15-16)28-8-3-9-33-10-12-35-13-11-33/h6-7,14-15,19-20H,1-5,8-13,26H2,(H2,27,34)(H,28,29)(H2,30,31,32). The van der Waals surface area contributed by atoms with Crippen LogP contribution in [0.15, 0.2) is 24.4 Å². The van der Waals surface area contributed by atoms with Crippen molar-refractivity contribution in [3.63, 3.8) is 0 Å². The van der Waals surface area contributed by atoms with E-state index in [0.29, 0.717) is 5.69 Å². The minimum Gasteiger partial charge on any atom is -0.379 e. The van der Waals surface area contributed by atoms with Gasteiger partial charge in [0.15, 0.2) is 11.6 Å². The van der Waals surface area contributed by atoms with Gasteiger partial charge in [-0.05, 0) is 44.0 Å². The lowest BCUT2D eigenvalue weighted by atomic mass is 9.91. The highest BCUT2D eigenvalue weighted by molar-refractivity contribution is 5.98. The van der Waals surface area contributed by atoms with Gasteiger partial charge in [-0.2, -0.15) is 0 Å². The first-order valence-electron chi connectivity index (χ1n) is 12.3. The van der Waals surface area contributed by atoms with E-state index in [0.717, 1.165) is 83.4 Å². The zero-order chi connectivity index (χ0) is 24.6. The number of halogens is 1. The molecule has 0 bridgehead atoms. The molecular weight excluding hydrogens is 451 g/mol. The van der Waals surface area contributed by atoms with Crippen molar-refractivity contribution in [1.29, 1.82) is 0 Å². The van der Waals surface area contributed by atoms with E-state index in [2.05, 4.69) is 30.8 Å². The molecule has 2 fully saturated rings. The molecule has 1 aliphatic carbocycles. The highest BCUT2D eigenvalue weighted by Crippen LogP contribution is 2.26. The fourth-order valence-electron chi connectivity index (χ4n) is 4.44. The summed E-state index contributed by atoms with van der Waals surface area (Å²) in [5.41, 5.74) is 12.2. The van der Waals surface area contributed by atoms with E-state index < -0.39 is 11.7 Å². The van der Waals surface area contributed by atoms with Gasteiger partial charge in [-0.3, -0.25) is 9.69 Å². The average molecular weight is 487 g/mol. The van der Waals surface area contributed by atoms with Crippen molar-refractivity contribution < 1.29 is 13.9 Å². The number of carbonyl (C=O) groups is 1. The molecule has 0 radical (unpaired) electrons. The van der Waals surface area contributed by atoms with Crippen molar-refractivity contribution in [2.75, 3.05) is 55.3 Å². The minimum atomic E-state index is -0.772. The monoisotopic (exact) mass is 486 g/mol. The van der Waals surface area contributed by atoms with E-state index in [4.69, 9.17) is 16.2 Å². The Balaban J connectivity index is 1.37. The summed E-state index contributed by atoms with van der Waals surface area (Å²) >= 11 is 0. The van der Waals surface area contributed by atoms with Crippen LogP contribution in [0.3, 0.4) is 0 Å². The largest absolute Gasteiger partial charge is 0.379 e. The zero-order valence-corrected chi connectivity index (χ0v) is 19.9. The number of rotatable bonds is 10. The number of hydrogen-bond donors (Lipinski definition) is 5. The normalized spacial score (nSPS) is 20.9. The molecular formula is C24H35FN8O2. The molecule has 2 aromatic rings. The predicted molar refractivity (Wildman–Crippen MR) is 134 cm³/mol. The van der Waals surface area contributed by atoms with Crippen LogP contribution < -0.4 is 27.4 Å². The van der Waals surface area contributed by atoms with Gasteiger partial charge in [0.1, 0.15) is 11.6 Å². The van der Waals surface area contributed by atoms with Gasteiger partial charge in [-0.1, -0.05) is 12.8 Å². The molecule has 1 aliphatic heterocycles. The number of anilines is 4. The van der Waals surface area contributed by atoms with Crippen LogP contribution in [0, 0.1) is 5.82 Å². The van der Waals surface area contributed by atoms with E-state index in [9.17, 15) is 9.18 Å². The summed E-state index contributed by atoms with van der Waals surface area (Å²) < 4.78 is 20.1. The number of carbonyl (C=O) groups excluding carboxylic acids is 1. The lowest BCUT2D eigenvalue weighted by molar-refractivity contribution is 0.0378. The van der Waals surface area contributed by atoms with Gasteiger partial charge in [0, 0.05) is 31.7 Å². The number of pyridine rings is 2. The first-order chi connectivity index (χ1) is 17.0. The Bertz CT molecular complexity index is 984. The van der Waals surface area contributed by atoms with Gasteiger partial charge in [-0.25, -0.2) is 14.4 Å². The second kappa shape index (κ2) is 12.1. The third kappa shape index (κ3) is 7.00. The van der Waals surface area contributed by atoms with E-state index in [1.807, 2.05) is 12.1 Å². The number of nitrogens with two attached hydrogens (primary N) is 2. The van der Waals surface area contributed by atoms with Gasteiger partial charge in [0.05, 0.1) is 30.7 Å². The second-order valence-corrected chi connectivity index (χ2v) is 9.07. The number of primary amides is 1. The molecule has 0 spiro atoms. The number of aromatic nitrogens is 2. The van der Waals surface area contributed by atoms with Crippen LogP contribution in [0.1, 0.15) is 42.5 Å². The summed E-state index contributed by atoms with van der Waals surface area (Å²) in [5.74, 6) is -0.457. The highest BCUT2D eigenvalue weighted by atomic mass is 19.1. The van der Waals surface area contributed by atoms with Crippen molar-refractivity contribution in [1.82, 2.24) is 14.9 Å². The summed E-state index contributed by atoms with van der Waals surface area (Å²) in [4.78, 5) is 23.1. The van der Waals surface area contributed by atoms with Gasteiger partial charge in [-0.15, -0.1) is 0 Å². The molecule has 10 nitrogen and oxygen atoms in total. The summed E-state index contributed by atoms with van der Waals surface area (Å²) in [6.07, 6.45) is 6.44. The molecule has 4 rings (SSSR count). The molecule has 2 aliphatic rings. The Morgan fingerprint density at radius 3 is 2.71 bits per heavy atom. The fourth-order valence-corrected chi connectivity index (χ4v) is 4.44. The van der Waals surface area contributed by atoms with Crippen LogP contribution in [0.4, 0.5) is 27.5 Å². The number of amides is 1. The maximum atomic E-state index is 14.7. The lowest BCUT2D eigenvalue weighted by Crippen LogP contribution is -2.43. The van der Waals surface area contributed by atoms with Gasteiger partial charge < -0.3 is 32.2 Å². The van der Waals surface area contributed by atoms with Crippen LogP contribution in [0.5, 0.6) is 0 Å². The maximum Gasteiger partial charge on any atom is 0.252 e. The molecule has 2 atom stereocenters. The van der Waals surface area contributed by atoms with Crippen LogP contribution in [0.2, 0.25) is 0 Å². The smallest absolute Gasteiger partial charge is 0.252 e. The molecule has 0 aromatic carbocycles. The quantitative estimate of drug-likeness (QED) is 0.320. The number of morpholine rings is 1. The van der Waals surface area contributed by atoms with Crippen LogP contribution in [0.25, 0.3) is 0 Å². The third-order valence-corrected chi connectivity index (χ3v) is 6.47. The molecule has 1 saturated carbocycles. The Hall–Kier alpha value is -3.02. The van der Waals surface area contributed by atoms with E-state index in [1.165, 1.54) is 0 Å². The van der Waals surface area contributed by atoms with Gasteiger partial charge in [0.2, 0.25) is 0 Å². The highest BCUT2D eigenvalue weighted by Gasteiger charge is 2.24. The maximum absolute atomic E-state index is 14.7. The lowest BCUT2D eigenvalue weighted by Gasteiger charge is -2.30. The summed E-state index contributed by atoms with van der Waals surface area (Å²) in [7, 11) is 0. The number of nitrogens with zero attached hydrogens (tertiary/aromatic N) is 3. The number of ether oxygens (including phenoxy) is 1. The van der Waals surface area contributed by atoms with Crippen LogP contribution in [-0.2, 0) is 4.74 Å². The van der Waals surface area contributed by atoms with Gasteiger partial charge in [0.25, 0.3) is 5.91 Å².